The fourth-order valence-corrected chi connectivity index (χ4v) is 2.21. The van der Waals surface area contributed by atoms with E-state index in [9.17, 15) is 8.42 Å². The minimum atomic E-state index is -3.09. The second kappa shape index (κ2) is 4.50. The van der Waals surface area contributed by atoms with Crippen molar-refractivity contribution in [2.45, 2.75) is 6.42 Å². The molecular formula is C12H16N2O2S. The highest BCUT2D eigenvalue weighted by Crippen LogP contribution is 2.18. The lowest BCUT2D eigenvalue weighted by molar-refractivity contribution is 0.478. The molecule has 0 unspecified atom stereocenters. The van der Waals surface area contributed by atoms with E-state index in [1.54, 1.807) is 7.05 Å². The Morgan fingerprint density at radius 3 is 2.71 bits per heavy atom. The van der Waals surface area contributed by atoms with Gasteiger partial charge in [-0.1, -0.05) is 18.2 Å². The van der Waals surface area contributed by atoms with Crippen LogP contribution in [0.5, 0.6) is 0 Å². The van der Waals surface area contributed by atoms with E-state index in [2.05, 4.69) is 4.98 Å². The summed E-state index contributed by atoms with van der Waals surface area (Å²) >= 11 is 0. The van der Waals surface area contributed by atoms with Crippen molar-refractivity contribution in [1.29, 1.82) is 0 Å². The van der Waals surface area contributed by atoms with Gasteiger partial charge in [0.25, 0.3) is 0 Å². The number of fused-ring (bicyclic) bond motifs is 1. The third-order valence-electron chi connectivity index (χ3n) is 2.94. The Morgan fingerprint density at radius 1 is 1.29 bits per heavy atom. The summed E-state index contributed by atoms with van der Waals surface area (Å²) in [4.78, 5) is 3.18. The van der Waals surface area contributed by atoms with E-state index in [0.717, 1.165) is 16.5 Å². The number of rotatable bonds is 4. The molecule has 0 fully saturated rings. The molecule has 0 bridgehead atoms. The van der Waals surface area contributed by atoms with Crippen LogP contribution in [-0.4, -0.2) is 37.6 Å². The lowest BCUT2D eigenvalue weighted by atomic mass is 10.1. The highest BCUT2D eigenvalue weighted by Gasteiger charge is 2.11. The average molecular weight is 252 g/mol. The zero-order valence-corrected chi connectivity index (χ0v) is 10.8. The van der Waals surface area contributed by atoms with Crippen LogP contribution in [0.2, 0.25) is 0 Å². The molecule has 0 atom stereocenters. The first-order valence-corrected chi connectivity index (χ1v) is 7.29. The van der Waals surface area contributed by atoms with Crippen LogP contribution >= 0.6 is 0 Å². The summed E-state index contributed by atoms with van der Waals surface area (Å²) in [5, 5.41) is 1.16. The Kier molecular flexibility index (Phi) is 3.22. The van der Waals surface area contributed by atoms with Gasteiger partial charge in [0.15, 0.2) is 0 Å². The Labute approximate surface area is 101 Å². The number of nitrogens with zero attached hydrogens (tertiary/aromatic N) is 1. The van der Waals surface area contributed by atoms with Gasteiger partial charge in [0.2, 0.25) is 10.0 Å². The summed E-state index contributed by atoms with van der Waals surface area (Å²) in [6.45, 7) is 0.501. The second-order valence-corrected chi connectivity index (χ2v) is 6.28. The van der Waals surface area contributed by atoms with Crippen molar-refractivity contribution in [2.24, 2.45) is 0 Å². The van der Waals surface area contributed by atoms with E-state index in [-0.39, 0.29) is 0 Å². The smallest absolute Gasteiger partial charge is 0.210 e. The van der Waals surface area contributed by atoms with Gasteiger partial charge in [0.05, 0.1) is 6.26 Å². The van der Waals surface area contributed by atoms with Crippen molar-refractivity contribution >= 4 is 20.9 Å². The molecule has 1 aromatic heterocycles. The van der Waals surface area contributed by atoms with E-state index in [1.165, 1.54) is 10.6 Å². The minimum absolute atomic E-state index is 0.501. The first kappa shape index (κ1) is 12.1. The molecule has 1 N–H and O–H groups in total. The van der Waals surface area contributed by atoms with Crippen LogP contribution in [0, 0.1) is 0 Å². The number of aromatic nitrogens is 1. The number of para-hydroxylation sites is 1. The van der Waals surface area contributed by atoms with Gasteiger partial charge in [-0.25, -0.2) is 12.7 Å². The molecule has 2 rings (SSSR count). The number of aromatic amines is 1. The molecule has 92 valence electrons. The van der Waals surface area contributed by atoms with Crippen LogP contribution in [0.4, 0.5) is 0 Å². The van der Waals surface area contributed by atoms with Crippen LogP contribution in [0.15, 0.2) is 30.5 Å². The van der Waals surface area contributed by atoms with E-state index in [4.69, 9.17) is 0 Å². The molecule has 0 aliphatic heterocycles. The summed E-state index contributed by atoms with van der Waals surface area (Å²) in [6.07, 6.45) is 3.89. The zero-order chi connectivity index (χ0) is 12.5. The molecule has 1 heterocycles. The van der Waals surface area contributed by atoms with Crippen LogP contribution < -0.4 is 0 Å². The van der Waals surface area contributed by atoms with E-state index >= 15 is 0 Å². The van der Waals surface area contributed by atoms with Gasteiger partial charge in [-0.2, -0.15) is 0 Å². The SMILES string of the molecule is CN(CCc1c[nH]c2ccccc12)S(C)(=O)=O. The van der Waals surface area contributed by atoms with E-state index < -0.39 is 10.0 Å². The number of nitrogens with one attached hydrogen (secondary N) is 1. The summed E-state index contributed by atoms with van der Waals surface area (Å²) in [6, 6.07) is 8.02. The maximum Gasteiger partial charge on any atom is 0.210 e. The highest BCUT2D eigenvalue weighted by atomic mass is 32.2. The average Bonchev–Trinajstić information content (AvgIpc) is 2.68. The Morgan fingerprint density at radius 2 is 2.00 bits per heavy atom. The molecule has 1 aromatic carbocycles. The third kappa shape index (κ3) is 2.68. The van der Waals surface area contributed by atoms with Crippen molar-refractivity contribution in [1.82, 2.24) is 9.29 Å². The van der Waals surface area contributed by atoms with Crippen LogP contribution in [0.3, 0.4) is 0 Å². The number of likely N-dealkylation sites (N-methyl/N-ethyl adjacent to an activating group) is 1. The summed E-state index contributed by atoms with van der Waals surface area (Å²) < 4.78 is 23.9. The van der Waals surface area contributed by atoms with Crippen molar-refractivity contribution in [3.05, 3.63) is 36.0 Å². The van der Waals surface area contributed by atoms with Gasteiger partial charge in [0, 0.05) is 30.7 Å². The second-order valence-electron chi connectivity index (χ2n) is 4.19. The molecule has 0 aliphatic carbocycles. The number of hydrogen-bond donors (Lipinski definition) is 1. The molecule has 17 heavy (non-hydrogen) atoms. The molecular weight excluding hydrogens is 236 g/mol. The number of hydrogen-bond acceptors (Lipinski definition) is 2. The Bertz CT molecular complexity index is 616. The summed E-state index contributed by atoms with van der Waals surface area (Å²) in [7, 11) is -1.48. The molecule has 0 saturated heterocycles. The van der Waals surface area contributed by atoms with E-state index in [1.807, 2.05) is 30.5 Å². The van der Waals surface area contributed by atoms with Crippen molar-refractivity contribution in [3.8, 4) is 0 Å². The van der Waals surface area contributed by atoms with Crippen molar-refractivity contribution in [2.75, 3.05) is 19.8 Å². The molecule has 2 aromatic rings. The van der Waals surface area contributed by atoms with E-state index in [0.29, 0.717) is 13.0 Å². The summed E-state index contributed by atoms with van der Waals surface area (Å²) in [5.41, 5.74) is 2.24. The fraction of sp³-hybridized carbons (Fsp3) is 0.333. The van der Waals surface area contributed by atoms with Gasteiger partial charge in [0.1, 0.15) is 0 Å². The van der Waals surface area contributed by atoms with Gasteiger partial charge in [-0.3, -0.25) is 0 Å². The predicted octanol–water partition coefficient (Wildman–Crippen LogP) is 1.60. The van der Waals surface area contributed by atoms with Crippen LogP contribution in [0.1, 0.15) is 5.56 Å². The quantitative estimate of drug-likeness (QED) is 0.898. The normalized spacial score (nSPS) is 12.4. The maximum atomic E-state index is 11.3. The fourth-order valence-electron chi connectivity index (χ4n) is 1.78. The van der Waals surface area contributed by atoms with Gasteiger partial charge in [-0.05, 0) is 18.1 Å². The summed E-state index contributed by atoms with van der Waals surface area (Å²) in [5.74, 6) is 0. The Balaban J connectivity index is 2.15. The Hall–Kier alpha value is -1.33. The number of benzene rings is 1. The topological polar surface area (TPSA) is 53.2 Å². The maximum absolute atomic E-state index is 11.3. The molecule has 0 spiro atoms. The number of sulfonamides is 1. The van der Waals surface area contributed by atoms with Gasteiger partial charge in [-0.15, -0.1) is 0 Å². The molecule has 0 aliphatic rings. The first-order chi connectivity index (χ1) is 7.98. The third-order valence-corrected chi connectivity index (χ3v) is 4.25. The minimum Gasteiger partial charge on any atom is -0.361 e. The lowest BCUT2D eigenvalue weighted by Crippen LogP contribution is -2.27. The first-order valence-electron chi connectivity index (χ1n) is 5.45. The molecule has 0 radical (unpaired) electrons. The largest absolute Gasteiger partial charge is 0.361 e. The van der Waals surface area contributed by atoms with Crippen LogP contribution in [-0.2, 0) is 16.4 Å². The highest BCUT2D eigenvalue weighted by molar-refractivity contribution is 7.88. The van der Waals surface area contributed by atoms with Crippen molar-refractivity contribution in [3.63, 3.8) is 0 Å². The standard InChI is InChI=1S/C12H16N2O2S/c1-14(17(2,15)16)8-7-10-9-13-12-6-4-3-5-11(10)12/h3-6,9,13H,7-8H2,1-2H3. The molecule has 0 saturated carbocycles. The van der Waals surface area contributed by atoms with Gasteiger partial charge < -0.3 is 4.98 Å². The number of H-pyrrole nitrogens is 1. The van der Waals surface area contributed by atoms with Crippen molar-refractivity contribution < 1.29 is 8.42 Å². The van der Waals surface area contributed by atoms with Gasteiger partial charge >= 0.3 is 0 Å². The molecule has 0 amide bonds. The zero-order valence-electron chi connectivity index (χ0n) is 9.97. The molecule has 5 heteroatoms. The molecule has 4 nitrogen and oxygen atoms in total. The monoisotopic (exact) mass is 252 g/mol. The lowest BCUT2D eigenvalue weighted by Gasteiger charge is -2.13. The van der Waals surface area contributed by atoms with Crippen LogP contribution in [0.25, 0.3) is 10.9 Å². The predicted molar refractivity (Wildman–Crippen MR) is 69.5 cm³/mol.